The van der Waals surface area contributed by atoms with Crippen LogP contribution < -0.4 is 5.32 Å². The van der Waals surface area contributed by atoms with Crippen LogP contribution in [0.3, 0.4) is 0 Å². The molecule has 1 saturated heterocycles. The number of nitrogens with zero attached hydrogens (tertiary/aromatic N) is 1. The number of carbonyl (C=O) groups is 1. The molecule has 1 aliphatic heterocycles. The molecular weight excluding hydrogens is 315 g/mol. The first-order valence-corrected chi connectivity index (χ1v) is 8.96. The lowest BCUT2D eigenvalue weighted by Gasteiger charge is -2.35. The Labute approximate surface area is 148 Å². The van der Waals surface area contributed by atoms with Gasteiger partial charge in [-0.2, -0.15) is 0 Å². The van der Waals surface area contributed by atoms with E-state index in [-0.39, 0.29) is 17.8 Å². The van der Waals surface area contributed by atoms with Crippen LogP contribution in [0, 0.1) is 11.7 Å². The molecule has 1 aliphatic rings. The van der Waals surface area contributed by atoms with Crippen molar-refractivity contribution < 1.29 is 9.18 Å². The molecule has 1 N–H and O–H groups in total. The average Bonchev–Trinajstić information content (AvgIpc) is 2.64. The summed E-state index contributed by atoms with van der Waals surface area (Å²) in [6, 6.07) is 16.3. The normalized spacial score (nSPS) is 17.2. The number of hydrogen-bond donors (Lipinski definition) is 1. The van der Waals surface area contributed by atoms with Crippen molar-refractivity contribution in [3.05, 3.63) is 66.0 Å². The average molecular weight is 340 g/mol. The second kappa shape index (κ2) is 8.26. The molecular formula is C21H25FN2O. The first kappa shape index (κ1) is 17.6. The molecule has 3 rings (SSSR count). The molecule has 0 spiro atoms. The zero-order chi connectivity index (χ0) is 17.6. The number of carbonyl (C=O) groups excluding carboxylic acids is 1. The second-order valence-corrected chi connectivity index (χ2v) is 6.84. The maximum atomic E-state index is 12.9. The molecule has 1 unspecified atom stereocenters. The summed E-state index contributed by atoms with van der Waals surface area (Å²) in [6.45, 7) is 3.82. The molecule has 2 aromatic rings. The third-order valence-corrected chi connectivity index (χ3v) is 5.06. The van der Waals surface area contributed by atoms with Crippen molar-refractivity contribution in [1.82, 2.24) is 4.90 Å². The van der Waals surface area contributed by atoms with E-state index in [1.807, 2.05) is 13.0 Å². The fraction of sp³-hybridized carbons (Fsp3) is 0.381. The number of piperidine rings is 1. The van der Waals surface area contributed by atoms with Crippen LogP contribution in [0.15, 0.2) is 54.6 Å². The van der Waals surface area contributed by atoms with Gasteiger partial charge >= 0.3 is 0 Å². The molecule has 0 saturated carbocycles. The van der Waals surface area contributed by atoms with Gasteiger partial charge in [-0.25, -0.2) is 4.39 Å². The van der Waals surface area contributed by atoms with Gasteiger partial charge in [-0.15, -0.1) is 0 Å². The van der Waals surface area contributed by atoms with E-state index in [4.69, 9.17) is 0 Å². The number of benzene rings is 2. The van der Waals surface area contributed by atoms with E-state index in [1.54, 1.807) is 12.1 Å². The van der Waals surface area contributed by atoms with Gasteiger partial charge in [0.2, 0.25) is 5.91 Å². The van der Waals surface area contributed by atoms with E-state index >= 15 is 0 Å². The van der Waals surface area contributed by atoms with E-state index in [1.165, 1.54) is 17.7 Å². The summed E-state index contributed by atoms with van der Waals surface area (Å²) in [7, 11) is 0. The third kappa shape index (κ3) is 4.89. The third-order valence-electron chi connectivity index (χ3n) is 5.06. The standard InChI is InChI=1S/C21H25FN2O/c1-16(21(25)23-20-9-7-19(22)8-10-20)24-13-11-18(12-14-24)15-17-5-3-2-4-6-17/h2-10,16,18H,11-15H2,1H3,(H,23,25). The molecule has 2 aromatic carbocycles. The van der Waals surface area contributed by atoms with Gasteiger partial charge < -0.3 is 5.32 Å². The Kier molecular flexibility index (Phi) is 5.82. The summed E-state index contributed by atoms with van der Waals surface area (Å²) in [5.74, 6) is 0.352. The Bertz CT molecular complexity index is 679. The van der Waals surface area contributed by atoms with Crippen molar-refractivity contribution in [3.8, 4) is 0 Å². The number of halogens is 1. The SMILES string of the molecule is CC(C(=O)Nc1ccc(F)cc1)N1CCC(Cc2ccccc2)CC1. The van der Waals surface area contributed by atoms with Crippen LogP contribution in [0.5, 0.6) is 0 Å². The van der Waals surface area contributed by atoms with Crippen LogP contribution in [0.25, 0.3) is 0 Å². The molecule has 0 bridgehead atoms. The van der Waals surface area contributed by atoms with Crippen LogP contribution in [0.2, 0.25) is 0 Å². The molecule has 0 radical (unpaired) electrons. The van der Waals surface area contributed by atoms with Gasteiger partial charge in [0.05, 0.1) is 6.04 Å². The summed E-state index contributed by atoms with van der Waals surface area (Å²) in [6.07, 6.45) is 3.34. The number of likely N-dealkylation sites (tertiary alicyclic amines) is 1. The van der Waals surface area contributed by atoms with Crippen molar-refractivity contribution >= 4 is 11.6 Å². The number of nitrogens with one attached hydrogen (secondary N) is 1. The van der Waals surface area contributed by atoms with E-state index in [9.17, 15) is 9.18 Å². The molecule has 25 heavy (non-hydrogen) atoms. The van der Waals surface area contributed by atoms with Crippen molar-refractivity contribution in [2.24, 2.45) is 5.92 Å². The second-order valence-electron chi connectivity index (χ2n) is 6.84. The van der Waals surface area contributed by atoms with Crippen LogP contribution in [-0.2, 0) is 11.2 Å². The Balaban J connectivity index is 1.48. The first-order chi connectivity index (χ1) is 12.1. The fourth-order valence-corrected chi connectivity index (χ4v) is 3.44. The largest absolute Gasteiger partial charge is 0.325 e. The van der Waals surface area contributed by atoms with Crippen molar-refractivity contribution in [2.45, 2.75) is 32.2 Å². The van der Waals surface area contributed by atoms with Crippen LogP contribution in [0.1, 0.15) is 25.3 Å². The Hall–Kier alpha value is -2.20. The predicted molar refractivity (Wildman–Crippen MR) is 98.9 cm³/mol. The highest BCUT2D eigenvalue weighted by Gasteiger charge is 2.26. The van der Waals surface area contributed by atoms with Gasteiger partial charge in [0, 0.05) is 5.69 Å². The topological polar surface area (TPSA) is 32.3 Å². The predicted octanol–water partition coefficient (Wildman–Crippen LogP) is 4.11. The zero-order valence-electron chi connectivity index (χ0n) is 14.6. The van der Waals surface area contributed by atoms with Crippen LogP contribution in [0.4, 0.5) is 10.1 Å². The molecule has 1 heterocycles. The van der Waals surface area contributed by atoms with Gasteiger partial charge in [-0.3, -0.25) is 9.69 Å². The zero-order valence-corrected chi connectivity index (χ0v) is 14.6. The lowest BCUT2D eigenvalue weighted by Crippen LogP contribution is -2.46. The molecule has 132 valence electrons. The summed E-state index contributed by atoms with van der Waals surface area (Å²) >= 11 is 0. The minimum atomic E-state index is -0.300. The van der Waals surface area contributed by atoms with Gasteiger partial charge in [-0.05, 0) is 75.0 Å². The molecule has 0 aromatic heterocycles. The minimum Gasteiger partial charge on any atom is -0.325 e. The Morgan fingerprint density at radius 2 is 1.76 bits per heavy atom. The van der Waals surface area contributed by atoms with Gasteiger partial charge in [-0.1, -0.05) is 30.3 Å². The minimum absolute atomic E-state index is 0.0342. The maximum absolute atomic E-state index is 12.9. The van der Waals surface area contributed by atoms with Gasteiger partial charge in [0.25, 0.3) is 0 Å². The Morgan fingerprint density at radius 1 is 1.12 bits per heavy atom. The number of anilines is 1. The van der Waals surface area contributed by atoms with Crippen molar-refractivity contribution in [3.63, 3.8) is 0 Å². The van der Waals surface area contributed by atoms with Crippen LogP contribution in [-0.4, -0.2) is 29.9 Å². The van der Waals surface area contributed by atoms with E-state index in [0.29, 0.717) is 11.6 Å². The van der Waals surface area contributed by atoms with Crippen molar-refractivity contribution in [1.29, 1.82) is 0 Å². The van der Waals surface area contributed by atoms with Crippen LogP contribution >= 0.6 is 0 Å². The highest BCUT2D eigenvalue weighted by atomic mass is 19.1. The quantitative estimate of drug-likeness (QED) is 0.888. The molecule has 1 atom stereocenters. The smallest absolute Gasteiger partial charge is 0.241 e. The molecule has 0 aliphatic carbocycles. The van der Waals surface area contributed by atoms with E-state index in [2.05, 4.69) is 34.5 Å². The lowest BCUT2D eigenvalue weighted by atomic mass is 9.89. The highest BCUT2D eigenvalue weighted by Crippen LogP contribution is 2.23. The summed E-state index contributed by atoms with van der Waals surface area (Å²) in [5, 5.41) is 2.87. The van der Waals surface area contributed by atoms with Gasteiger partial charge in [0.1, 0.15) is 5.82 Å². The van der Waals surface area contributed by atoms with Crippen molar-refractivity contribution in [2.75, 3.05) is 18.4 Å². The molecule has 1 amide bonds. The highest BCUT2D eigenvalue weighted by molar-refractivity contribution is 5.94. The number of hydrogen-bond acceptors (Lipinski definition) is 2. The first-order valence-electron chi connectivity index (χ1n) is 8.96. The van der Waals surface area contributed by atoms with E-state index in [0.717, 1.165) is 32.4 Å². The Morgan fingerprint density at radius 3 is 2.40 bits per heavy atom. The molecule has 3 nitrogen and oxygen atoms in total. The van der Waals surface area contributed by atoms with Gasteiger partial charge in [0.15, 0.2) is 0 Å². The number of amides is 1. The molecule has 4 heteroatoms. The monoisotopic (exact) mass is 340 g/mol. The number of rotatable bonds is 5. The summed E-state index contributed by atoms with van der Waals surface area (Å²) in [5.41, 5.74) is 2.03. The molecule has 1 fully saturated rings. The fourth-order valence-electron chi connectivity index (χ4n) is 3.44. The summed E-state index contributed by atoms with van der Waals surface area (Å²) in [4.78, 5) is 14.7. The summed E-state index contributed by atoms with van der Waals surface area (Å²) < 4.78 is 12.9. The lowest BCUT2D eigenvalue weighted by molar-refractivity contribution is -0.121. The maximum Gasteiger partial charge on any atom is 0.241 e. The van der Waals surface area contributed by atoms with E-state index < -0.39 is 0 Å².